The summed E-state index contributed by atoms with van der Waals surface area (Å²) < 4.78 is 55.4. The van der Waals surface area contributed by atoms with E-state index < -0.39 is 20.0 Å². The number of piperidine rings is 1. The van der Waals surface area contributed by atoms with Crippen LogP contribution >= 0.6 is 0 Å². The van der Waals surface area contributed by atoms with Crippen LogP contribution in [0, 0.1) is 0 Å². The van der Waals surface area contributed by atoms with E-state index in [4.69, 9.17) is 0 Å². The van der Waals surface area contributed by atoms with E-state index in [2.05, 4.69) is 9.71 Å². The van der Waals surface area contributed by atoms with E-state index in [-0.39, 0.29) is 21.7 Å². The zero-order valence-corrected chi connectivity index (χ0v) is 17.0. The lowest BCUT2D eigenvalue weighted by Crippen LogP contribution is -2.41. The van der Waals surface area contributed by atoms with Crippen LogP contribution in [0.4, 0.5) is 5.69 Å². The molecule has 0 spiro atoms. The Morgan fingerprint density at radius 1 is 1.07 bits per heavy atom. The number of nitrogens with zero attached hydrogens (tertiary/aromatic N) is 2. The highest BCUT2D eigenvalue weighted by Gasteiger charge is 2.31. The van der Waals surface area contributed by atoms with Crippen LogP contribution in [0.2, 0.25) is 0 Å². The maximum absolute atomic E-state index is 12.9. The predicted octanol–water partition coefficient (Wildman–Crippen LogP) is 2.81. The smallest absolute Gasteiger partial charge is 0.285 e. The number of nitrogens with one attached hydrogen (secondary N) is 1. The van der Waals surface area contributed by atoms with Gasteiger partial charge in [0, 0.05) is 23.8 Å². The minimum absolute atomic E-state index is 0.00824. The topological polar surface area (TPSA) is 95.9 Å². The molecule has 0 aromatic heterocycles. The first-order chi connectivity index (χ1) is 13.3. The van der Waals surface area contributed by atoms with Crippen molar-refractivity contribution in [2.24, 2.45) is 4.40 Å². The Kier molecular flexibility index (Phi) is 4.76. The van der Waals surface area contributed by atoms with Gasteiger partial charge < -0.3 is 5.32 Å². The van der Waals surface area contributed by atoms with Gasteiger partial charge in [0.25, 0.3) is 10.0 Å². The zero-order valence-electron chi connectivity index (χ0n) is 15.4. The molecule has 2 aliphatic rings. The van der Waals surface area contributed by atoms with Crippen LogP contribution in [0.25, 0.3) is 0 Å². The third kappa shape index (κ3) is 3.34. The number of rotatable bonds is 3. The molecule has 148 valence electrons. The van der Waals surface area contributed by atoms with Crippen molar-refractivity contribution >= 4 is 31.6 Å². The molecule has 0 aliphatic carbocycles. The highest BCUT2D eigenvalue weighted by molar-refractivity contribution is 7.90. The van der Waals surface area contributed by atoms with Crippen molar-refractivity contribution in [1.82, 2.24) is 4.31 Å². The zero-order chi connectivity index (χ0) is 19.9. The highest BCUT2D eigenvalue weighted by Crippen LogP contribution is 2.28. The first kappa shape index (κ1) is 19.1. The predicted molar refractivity (Wildman–Crippen MR) is 107 cm³/mol. The molecule has 1 fully saturated rings. The van der Waals surface area contributed by atoms with E-state index in [1.807, 2.05) is 6.92 Å². The van der Waals surface area contributed by atoms with Crippen molar-refractivity contribution in [3.63, 3.8) is 0 Å². The molecule has 0 saturated carbocycles. The second kappa shape index (κ2) is 6.98. The van der Waals surface area contributed by atoms with E-state index in [1.54, 1.807) is 34.6 Å². The number of hydrogen-bond acceptors (Lipinski definition) is 5. The molecular weight excluding hydrogens is 398 g/mol. The third-order valence-corrected chi connectivity index (χ3v) is 8.46. The van der Waals surface area contributed by atoms with E-state index in [0.29, 0.717) is 17.8 Å². The van der Waals surface area contributed by atoms with Crippen LogP contribution in [-0.4, -0.2) is 39.6 Å². The molecule has 1 atom stereocenters. The summed E-state index contributed by atoms with van der Waals surface area (Å²) in [6.45, 7) is 2.47. The fourth-order valence-electron chi connectivity index (χ4n) is 3.61. The van der Waals surface area contributed by atoms with Gasteiger partial charge in [0.05, 0.1) is 4.90 Å². The van der Waals surface area contributed by atoms with Crippen LogP contribution in [0.5, 0.6) is 0 Å². The maximum atomic E-state index is 12.9. The number of benzene rings is 2. The van der Waals surface area contributed by atoms with Gasteiger partial charge in [-0.3, -0.25) is 0 Å². The van der Waals surface area contributed by atoms with Gasteiger partial charge in [-0.15, -0.1) is 4.40 Å². The number of anilines is 1. The molecular formula is C19H21N3O4S2. The first-order valence-electron chi connectivity index (χ1n) is 9.12. The Balaban J connectivity index is 1.58. The van der Waals surface area contributed by atoms with E-state index in [1.165, 1.54) is 18.2 Å². The minimum atomic E-state index is -3.70. The number of sulfonamides is 2. The summed E-state index contributed by atoms with van der Waals surface area (Å²) in [6.07, 6.45) is 2.78. The van der Waals surface area contributed by atoms with Gasteiger partial charge >= 0.3 is 0 Å². The summed E-state index contributed by atoms with van der Waals surface area (Å²) in [4.78, 5) is 0.393. The normalized spacial score (nSPS) is 21.8. The van der Waals surface area contributed by atoms with Crippen LogP contribution < -0.4 is 5.32 Å². The lowest BCUT2D eigenvalue weighted by molar-refractivity contribution is 0.268. The molecule has 9 heteroatoms. The van der Waals surface area contributed by atoms with Crippen molar-refractivity contribution in [2.75, 3.05) is 11.9 Å². The number of fused-ring (bicyclic) bond motifs is 1. The quantitative estimate of drug-likeness (QED) is 0.825. The first-order valence-corrected chi connectivity index (χ1v) is 12.0. The van der Waals surface area contributed by atoms with Crippen molar-refractivity contribution in [3.8, 4) is 0 Å². The second-order valence-electron chi connectivity index (χ2n) is 7.02. The summed E-state index contributed by atoms with van der Waals surface area (Å²) in [5.74, 6) is 0.232. The molecule has 2 aromatic rings. The average Bonchev–Trinajstić information content (AvgIpc) is 2.93. The van der Waals surface area contributed by atoms with Crippen molar-refractivity contribution in [1.29, 1.82) is 0 Å². The van der Waals surface area contributed by atoms with E-state index >= 15 is 0 Å². The second-order valence-corrected chi connectivity index (χ2v) is 10.5. The Morgan fingerprint density at radius 3 is 2.50 bits per heavy atom. The summed E-state index contributed by atoms with van der Waals surface area (Å²) >= 11 is 0. The maximum Gasteiger partial charge on any atom is 0.285 e. The molecule has 2 heterocycles. The van der Waals surface area contributed by atoms with Gasteiger partial charge in [-0.2, -0.15) is 12.7 Å². The molecule has 0 amide bonds. The highest BCUT2D eigenvalue weighted by atomic mass is 32.2. The molecule has 28 heavy (non-hydrogen) atoms. The lowest BCUT2D eigenvalue weighted by atomic mass is 10.1. The van der Waals surface area contributed by atoms with Crippen LogP contribution in [0.15, 0.2) is 62.7 Å². The lowest BCUT2D eigenvalue weighted by Gasteiger charge is -2.32. The Bertz CT molecular complexity index is 1140. The van der Waals surface area contributed by atoms with Gasteiger partial charge in [0.15, 0.2) is 5.84 Å². The van der Waals surface area contributed by atoms with Crippen LogP contribution in [0.3, 0.4) is 0 Å². The van der Waals surface area contributed by atoms with E-state index in [9.17, 15) is 16.8 Å². The van der Waals surface area contributed by atoms with Gasteiger partial charge in [0.1, 0.15) is 4.90 Å². The molecule has 4 rings (SSSR count). The summed E-state index contributed by atoms with van der Waals surface area (Å²) in [5.41, 5.74) is 1.07. The monoisotopic (exact) mass is 419 g/mol. The van der Waals surface area contributed by atoms with Crippen molar-refractivity contribution in [2.45, 2.75) is 42.0 Å². The number of hydrogen-bond donors (Lipinski definition) is 1. The molecule has 1 saturated heterocycles. The largest absolute Gasteiger partial charge is 0.339 e. The molecule has 7 nitrogen and oxygen atoms in total. The molecule has 2 aliphatic heterocycles. The van der Waals surface area contributed by atoms with Crippen molar-refractivity contribution in [3.05, 3.63) is 54.1 Å². The molecule has 0 bridgehead atoms. The van der Waals surface area contributed by atoms with Crippen molar-refractivity contribution < 1.29 is 16.8 Å². The summed E-state index contributed by atoms with van der Waals surface area (Å²) in [7, 11) is -7.25. The SMILES string of the molecule is C[C@H]1CCCCN1S(=O)(=O)c1ccc(NC2=NS(=O)(=O)c3ccccc32)cc1. The molecule has 0 radical (unpaired) electrons. The third-order valence-electron chi connectivity index (χ3n) is 5.10. The Labute approximate surface area is 165 Å². The fourth-order valence-corrected chi connectivity index (χ4v) is 6.48. The Hall–Kier alpha value is -2.23. The minimum Gasteiger partial charge on any atom is -0.339 e. The van der Waals surface area contributed by atoms with Crippen LogP contribution in [-0.2, 0) is 20.0 Å². The van der Waals surface area contributed by atoms with Gasteiger partial charge in [-0.25, -0.2) is 8.42 Å². The molecule has 0 unspecified atom stereocenters. The Morgan fingerprint density at radius 2 is 1.79 bits per heavy atom. The van der Waals surface area contributed by atoms with Gasteiger partial charge in [-0.1, -0.05) is 18.6 Å². The number of amidine groups is 1. The van der Waals surface area contributed by atoms with Crippen LogP contribution in [0.1, 0.15) is 31.7 Å². The summed E-state index contributed by atoms with van der Waals surface area (Å²) in [5, 5.41) is 2.98. The van der Waals surface area contributed by atoms with Gasteiger partial charge in [0.2, 0.25) is 10.0 Å². The molecule has 2 aromatic carbocycles. The van der Waals surface area contributed by atoms with Gasteiger partial charge in [-0.05, 0) is 56.2 Å². The standard InChI is InChI=1S/C19H21N3O4S2/c1-14-6-4-5-13-22(14)28(25,26)16-11-9-15(10-12-16)20-19-17-7-2-3-8-18(17)27(23,24)21-19/h2-3,7-12,14H,4-6,13H2,1H3,(H,20,21)/t14-/m0/s1. The summed E-state index contributed by atoms with van der Waals surface area (Å²) in [6, 6.07) is 12.9. The average molecular weight is 420 g/mol. The fraction of sp³-hybridized carbons (Fsp3) is 0.316. The van der Waals surface area contributed by atoms with E-state index in [0.717, 1.165) is 19.3 Å². The molecule has 1 N–H and O–H groups in total.